The molecule has 0 spiro atoms. The van der Waals surface area contributed by atoms with Gasteiger partial charge in [0, 0.05) is 18.7 Å². The number of amides is 1. The summed E-state index contributed by atoms with van der Waals surface area (Å²) in [4.78, 5) is 22.2. The van der Waals surface area contributed by atoms with Crippen LogP contribution < -0.4 is 5.73 Å². The summed E-state index contributed by atoms with van der Waals surface area (Å²) in [7, 11) is 0. The number of hydrogen-bond donors (Lipinski definition) is 1. The molecule has 1 fully saturated rings. The maximum absolute atomic E-state index is 13.3. The van der Waals surface area contributed by atoms with E-state index in [1.807, 2.05) is 4.68 Å². The van der Waals surface area contributed by atoms with E-state index in [4.69, 9.17) is 10.8 Å². The molecule has 0 saturated carbocycles. The van der Waals surface area contributed by atoms with Crippen LogP contribution in [0, 0.1) is 5.82 Å². The molecule has 0 aliphatic carbocycles. The zero-order chi connectivity index (χ0) is 19.0. The number of benzene rings is 1. The first kappa shape index (κ1) is 17.1. The van der Waals surface area contributed by atoms with E-state index in [0.29, 0.717) is 35.6 Å². The topological polar surface area (TPSA) is 89.9 Å². The first-order chi connectivity index (χ1) is 13.1. The van der Waals surface area contributed by atoms with E-state index < -0.39 is 0 Å². The van der Waals surface area contributed by atoms with Gasteiger partial charge >= 0.3 is 0 Å². The number of hydrogen-bond acceptors (Lipinski definition) is 5. The number of piperidine rings is 1. The predicted molar refractivity (Wildman–Crippen MR) is 100 cm³/mol. The highest BCUT2D eigenvalue weighted by atomic mass is 19.1. The van der Waals surface area contributed by atoms with Gasteiger partial charge in [-0.1, -0.05) is 6.58 Å². The average Bonchev–Trinajstić information content (AvgIpc) is 3.09. The van der Waals surface area contributed by atoms with E-state index in [0.717, 1.165) is 18.4 Å². The summed E-state index contributed by atoms with van der Waals surface area (Å²) in [6.45, 7) is 4.78. The predicted octanol–water partition coefficient (Wildman–Crippen LogP) is 2.56. The Morgan fingerprint density at radius 1 is 1.30 bits per heavy atom. The minimum Gasteiger partial charge on any atom is -0.383 e. The highest BCUT2D eigenvalue weighted by Gasteiger charge is 2.27. The Bertz CT molecular complexity index is 1010. The number of carbonyl (C=O) groups is 1. The molecule has 138 valence electrons. The monoisotopic (exact) mass is 366 g/mol. The lowest BCUT2D eigenvalue weighted by Crippen LogP contribution is -2.40. The molecule has 27 heavy (non-hydrogen) atoms. The molecule has 1 atom stereocenters. The molecule has 1 aliphatic heterocycles. The van der Waals surface area contributed by atoms with Crippen molar-refractivity contribution < 1.29 is 9.18 Å². The third kappa shape index (κ3) is 3.03. The lowest BCUT2D eigenvalue weighted by atomic mass is 10.1. The highest BCUT2D eigenvalue weighted by molar-refractivity contribution is 5.98. The first-order valence-electron chi connectivity index (χ1n) is 8.74. The average molecular weight is 366 g/mol. The Kier molecular flexibility index (Phi) is 4.31. The number of likely N-dealkylation sites (tertiary alicyclic amines) is 1. The summed E-state index contributed by atoms with van der Waals surface area (Å²) < 4.78 is 15.1. The van der Waals surface area contributed by atoms with Gasteiger partial charge < -0.3 is 10.6 Å². The fraction of sp³-hybridized carbons (Fsp3) is 0.263. The van der Waals surface area contributed by atoms with Gasteiger partial charge in [0.15, 0.2) is 5.65 Å². The zero-order valence-electron chi connectivity index (χ0n) is 14.7. The van der Waals surface area contributed by atoms with Crippen molar-refractivity contribution >= 4 is 22.8 Å². The number of nitrogens with two attached hydrogens (primary N) is 1. The van der Waals surface area contributed by atoms with E-state index >= 15 is 0 Å². The van der Waals surface area contributed by atoms with Crippen LogP contribution in [0.15, 0.2) is 43.2 Å². The Balaban J connectivity index is 1.82. The quantitative estimate of drug-likeness (QED) is 0.720. The van der Waals surface area contributed by atoms with E-state index in [1.165, 1.54) is 24.5 Å². The molecule has 0 bridgehead atoms. The van der Waals surface area contributed by atoms with Gasteiger partial charge in [-0.3, -0.25) is 4.79 Å². The largest absolute Gasteiger partial charge is 0.383 e. The van der Waals surface area contributed by atoms with Crippen LogP contribution >= 0.6 is 0 Å². The number of aromatic nitrogens is 4. The number of nitrogens with zero attached hydrogens (tertiary/aromatic N) is 5. The minimum absolute atomic E-state index is 0.0337. The van der Waals surface area contributed by atoms with Gasteiger partial charge in [-0.2, -0.15) is 5.10 Å². The summed E-state index contributed by atoms with van der Waals surface area (Å²) in [6, 6.07) is 6.04. The van der Waals surface area contributed by atoms with Gasteiger partial charge in [-0.05, 0) is 43.2 Å². The van der Waals surface area contributed by atoms with Crippen molar-refractivity contribution in [2.75, 3.05) is 18.8 Å². The molecular weight excluding hydrogens is 347 g/mol. The van der Waals surface area contributed by atoms with Gasteiger partial charge in [-0.15, -0.1) is 0 Å². The molecule has 4 rings (SSSR count). The molecule has 8 heteroatoms. The molecule has 2 aromatic heterocycles. The van der Waals surface area contributed by atoms with Crippen LogP contribution in [0.4, 0.5) is 10.2 Å². The number of fused-ring (bicyclic) bond motifs is 1. The smallest absolute Gasteiger partial charge is 0.246 e. The number of anilines is 1. The number of rotatable bonds is 3. The lowest BCUT2D eigenvalue weighted by Gasteiger charge is -2.32. The number of carbonyl (C=O) groups excluding carboxylic acids is 1. The van der Waals surface area contributed by atoms with Crippen molar-refractivity contribution in [2.24, 2.45) is 0 Å². The maximum Gasteiger partial charge on any atom is 0.246 e. The van der Waals surface area contributed by atoms with E-state index in [2.05, 4.69) is 16.5 Å². The Morgan fingerprint density at radius 3 is 2.81 bits per heavy atom. The van der Waals surface area contributed by atoms with E-state index in [1.54, 1.807) is 17.0 Å². The van der Waals surface area contributed by atoms with Crippen LogP contribution in [0.3, 0.4) is 0 Å². The molecule has 7 nitrogen and oxygen atoms in total. The normalized spacial score (nSPS) is 17.2. The molecular formula is C19H19FN6O. The van der Waals surface area contributed by atoms with Crippen molar-refractivity contribution in [3.05, 3.63) is 49.1 Å². The van der Waals surface area contributed by atoms with Gasteiger partial charge in [-0.25, -0.2) is 19.0 Å². The van der Waals surface area contributed by atoms with Crippen molar-refractivity contribution in [3.8, 4) is 11.3 Å². The molecule has 2 N–H and O–H groups in total. The molecule has 0 unspecified atom stereocenters. The Morgan fingerprint density at radius 2 is 2.07 bits per heavy atom. The summed E-state index contributed by atoms with van der Waals surface area (Å²) in [6.07, 6.45) is 4.45. The van der Waals surface area contributed by atoms with Crippen LogP contribution in [0.25, 0.3) is 22.3 Å². The zero-order valence-corrected chi connectivity index (χ0v) is 14.7. The highest BCUT2D eigenvalue weighted by Crippen LogP contribution is 2.33. The first-order valence-corrected chi connectivity index (χ1v) is 8.74. The third-order valence-corrected chi connectivity index (χ3v) is 4.86. The van der Waals surface area contributed by atoms with Gasteiger partial charge in [0.2, 0.25) is 5.91 Å². The fourth-order valence-electron chi connectivity index (χ4n) is 3.54. The van der Waals surface area contributed by atoms with E-state index in [-0.39, 0.29) is 17.8 Å². The minimum atomic E-state index is -0.322. The standard InChI is InChI=1S/C19H19FN6O/c1-2-15(27)25-9-3-4-14(10-25)26-19-16(18(21)22-11-23-19)17(24-26)12-5-7-13(20)8-6-12/h2,5-8,11,14H,1,3-4,9-10H2,(H2,21,22,23)/t14-/m1/s1. The number of halogens is 1. The molecule has 1 aromatic carbocycles. The lowest BCUT2D eigenvalue weighted by molar-refractivity contribution is -0.127. The van der Waals surface area contributed by atoms with Crippen LogP contribution in [-0.4, -0.2) is 43.6 Å². The fourth-order valence-corrected chi connectivity index (χ4v) is 3.54. The van der Waals surface area contributed by atoms with Crippen molar-refractivity contribution in [3.63, 3.8) is 0 Å². The molecule has 1 aliphatic rings. The SMILES string of the molecule is C=CC(=O)N1CCC[C@@H](n2nc(-c3ccc(F)cc3)c3c(N)ncnc32)C1. The Labute approximate surface area is 155 Å². The summed E-state index contributed by atoms with van der Waals surface area (Å²) in [5, 5.41) is 5.38. The second-order valence-electron chi connectivity index (χ2n) is 6.54. The molecule has 3 heterocycles. The molecule has 3 aromatic rings. The molecule has 1 saturated heterocycles. The van der Waals surface area contributed by atoms with Crippen LogP contribution in [0.2, 0.25) is 0 Å². The van der Waals surface area contributed by atoms with Crippen molar-refractivity contribution in [1.82, 2.24) is 24.6 Å². The van der Waals surface area contributed by atoms with Gasteiger partial charge in [0.05, 0.1) is 11.4 Å². The number of nitrogen functional groups attached to an aromatic ring is 1. The van der Waals surface area contributed by atoms with Gasteiger partial charge in [0.25, 0.3) is 0 Å². The van der Waals surface area contributed by atoms with Crippen LogP contribution in [0.5, 0.6) is 0 Å². The van der Waals surface area contributed by atoms with Crippen LogP contribution in [0.1, 0.15) is 18.9 Å². The maximum atomic E-state index is 13.3. The second kappa shape index (κ2) is 6.79. The summed E-state index contributed by atoms with van der Waals surface area (Å²) in [5.74, 6) is -0.0953. The van der Waals surface area contributed by atoms with Crippen molar-refractivity contribution in [2.45, 2.75) is 18.9 Å². The van der Waals surface area contributed by atoms with Crippen LogP contribution in [-0.2, 0) is 4.79 Å². The molecule has 0 radical (unpaired) electrons. The van der Waals surface area contributed by atoms with Gasteiger partial charge in [0.1, 0.15) is 23.7 Å². The van der Waals surface area contributed by atoms with Crippen molar-refractivity contribution in [1.29, 1.82) is 0 Å². The summed E-state index contributed by atoms with van der Waals surface area (Å²) >= 11 is 0. The molecule has 1 amide bonds. The third-order valence-electron chi connectivity index (χ3n) is 4.86. The Hall–Kier alpha value is -3.29. The summed E-state index contributed by atoms with van der Waals surface area (Å²) in [5.41, 5.74) is 8.06. The van der Waals surface area contributed by atoms with E-state index in [9.17, 15) is 9.18 Å². The second-order valence-corrected chi connectivity index (χ2v) is 6.54.